The maximum atomic E-state index is 10.7. The summed E-state index contributed by atoms with van der Waals surface area (Å²) in [6.45, 7) is 0. The Morgan fingerprint density at radius 1 is 1.22 bits per heavy atom. The molecule has 1 atom stereocenters. The van der Waals surface area contributed by atoms with Gasteiger partial charge in [0.2, 0.25) is 0 Å². The minimum atomic E-state index is -1.03. The van der Waals surface area contributed by atoms with Gasteiger partial charge in [0.25, 0.3) is 0 Å². The van der Waals surface area contributed by atoms with Crippen LogP contribution in [0.3, 0.4) is 0 Å². The largest absolute Gasteiger partial charge is 0.481 e. The van der Waals surface area contributed by atoms with Crippen LogP contribution in [0.4, 0.5) is 0 Å². The van der Waals surface area contributed by atoms with Crippen LogP contribution in [0, 0.1) is 0 Å². The highest BCUT2D eigenvalue weighted by Gasteiger charge is 2.12. The average Bonchev–Trinajstić information content (AvgIpc) is 2.30. The molecule has 0 aromatic heterocycles. The second kappa shape index (κ2) is 7.03. The van der Waals surface area contributed by atoms with E-state index in [0.29, 0.717) is 11.5 Å². The zero-order chi connectivity index (χ0) is 13.5. The molecule has 0 amide bonds. The molecular formula is C12H15NO4S. The molecule has 0 unspecified atom stereocenters. The standard InChI is InChI=1S/C12H15NO4S/c13-10(12(16)17)7-18-6-9-4-2-1-3-8(9)5-11(14)15/h1-4,10H,5-7,13H2,(H,14,15)(H,16,17)/t10-/m1/s1. The maximum absolute atomic E-state index is 10.7. The van der Waals surface area contributed by atoms with E-state index >= 15 is 0 Å². The molecule has 0 aliphatic rings. The van der Waals surface area contributed by atoms with Crippen LogP contribution in [0.5, 0.6) is 0 Å². The van der Waals surface area contributed by atoms with E-state index in [2.05, 4.69) is 0 Å². The predicted octanol–water partition coefficient (Wildman–Crippen LogP) is 0.959. The van der Waals surface area contributed by atoms with Crippen molar-refractivity contribution in [1.82, 2.24) is 0 Å². The number of hydrogen-bond donors (Lipinski definition) is 3. The second-order valence-corrected chi connectivity index (χ2v) is 4.83. The fraction of sp³-hybridized carbons (Fsp3) is 0.333. The van der Waals surface area contributed by atoms with E-state index in [1.807, 2.05) is 12.1 Å². The Morgan fingerprint density at radius 3 is 2.39 bits per heavy atom. The normalized spacial score (nSPS) is 12.1. The summed E-state index contributed by atoms with van der Waals surface area (Å²) in [4.78, 5) is 21.2. The molecule has 0 saturated heterocycles. The van der Waals surface area contributed by atoms with Gasteiger partial charge in [0, 0.05) is 11.5 Å². The summed E-state index contributed by atoms with van der Waals surface area (Å²) in [6.07, 6.45) is -0.0261. The topological polar surface area (TPSA) is 101 Å². The van der Waals surface area contributed by atoms with Crippen molar-refractivity contribution < 1.29 is 19.8 Å². The summed E-state index contributed by atoms with van der Waals surface area (Å²) in [5.74, 6) is -1.04. The van der Waals surface area contributed by atoms with Crippen molar-refractivity contribution in [2.24, 2.45) is 5.73 Å². The maximum Gasteiger partial charge on any atom is 0.321 e. The van der Waals surface area contributed by atoms with Gasteiger partial charge in [-0.1, -0.05) is 24.3 Å². The molecule has 4 N–H and O–H groups in total. The SMILES string of the molecule is N[C@H](CSCc1ccccc1CC(=O)O)C(=O)O. The number of rotatable bonds is 7. The van der Waals surface area contributed by atoms with E-state index in [9.17, 15) is 9.59 Å². The summed E-state index contributed by atoms with van der Waals surface area (Å²) >= 11 is 1.39. The van der Waals surface area contributed by atoms with E-state index in [1.54, 1.807) is 12.1 Å². The molecule has 5 nitrogen and oxygen atoms in total. The van der Waals surface area contributed by atoms with Gasteiger partial charge in [0.15, 0.2) is 0 Å². The summed E-state index contributed by atoms with van der Waals surface area (Å²) in [5, 5.41) is 17.4. The van der Waals surface area contributed by atoms with Crippen LogP contribution in [0.1, 0.15) is 11.1 Å². The van der Waals surface area contributed by atoms with Gasteiger partial charge in [0.1, 0.15) is 6.04 Å². The lowest BCUT2D eigenvalue weighted by Gasteiger charge is -2.09. The Balaban J connectivity index is 2.56. The van der Waals surface area contributed by atoms with Crippen LogP contribution in [0.15, 0.2) is 24.3 Å². The quantitative estimate of drug-likeness (QED) is 0.681. The lowest BCUT2D eigenvalue weighted by molar-refractivity contribution is -0.138. The Bertz CT molecular complexity index is 436. The third kappa shape index (κ3) is 4.77. The van der Waals surface area contributed by atoms with E-state index in [-0.39, 0.29) is 6.42 Å². The number of carboxylic acid groups (broad SMARTS) is 2. The van der Waals surface area contributed by atoms with E-state index < -0.39 is 18.0 Å². The molecule has 1 aromatic rings. The van der Waals surface area contributed by atoms with Crippen LogP contribution < -0.4 is 5.73 Å². The van der Waals surface area contributed by atoms with E-state index in [0.717, 1.165) is 11.1 Å². The first-order valence-electron chi connectivity index (χ1n) is 5.35. The first-order chi connectivity index (χ1) is 8.50. The fourth-order valence-electron chi connectivity index (χ4n) is 1.40. The van der Waals surface area contributed by atoms with Crippen molar-refractivity contribution in [3.63, 3.8) is 0 Å². The van der Waals surface area contributed by atoms with Crippen molar-refractivity contribution in [3.05, 3.63) is 35.4 Å². The number of hydrogen-bond acceptors (Lipinski definition) is 4. The van der Waals surface area contributed by atoms with Gasteiger partial charge >= 0.3 is 11.9 Å². The molecule has 0 radical (unpaired) electrons. The molecular weight excluding hydrogens is 254 g/mol. The summed E-state index contributed by atoms with van der Waals surface area (Å²) in [7, 11) is 0. The molecule has 98 valence electrons. The number of benzene rings is 1. The minimum Gasteiger partial charge on any atom is -0.481 e. The molecule has 1 aromatic carbocycles. The van der Waals surface area contributed by atoms with Gasteiger partial charge in [-0.3, -0.25) is 9.59 Å². The lowest BCUT2D eigenvalue weighted by Crippen LogP contribution is -2.32. The molecule has 0 aliphatic heterocycles. The van der Waals surface area contributed by atoms with Gasteiger partial charge in [-0.25, -0.2) is 0 Å². The zero-order valence-electron chi connectivity index (χ0n) is 9.70. The molecule has 6 heteroatoms. The first kappa shape index (κ1) is 14.5. The molecule has 0 bridgehead atoms. The Labute approximate surface area is 109 Å². The van der Waals surface area contributed by atoms with Crippen molar-refractivity contribution in [1.29, 1.82) is 0 Å². The molecule has 0 aliphatic carbocycles. The second-order valence-electron chi connectivity index (χ2n) is 3.80. The van der Waals surface area contributed by atoms with Crippen LogP contribution in [-0.4, -0.2) is 33.9 Å². The van der Waals surface area contributed by atoms with Crippen molar-refractivity contribution in [2.75, 3.05) is 5.75 Å². The van der Waals surface area contributed by atoms with Crippen molar-refractivity contribution >= 4 is 23.7 Å². The van der Waals surface area contributed by atoms with E-state index in [4.69, 9.17) is 15.9 Å². The molecule has 0 saturated carbocycles. The fourth-order valence-corrected chi connectivity index (χ4v) is 2.42. The number of nitrogens with two attached hydrogens (primary N) is 1. The van der Waals surface area contributed by atoms with E-state index in [1.165, 1.54) is 11.8 Å². The molecule has 0 fully saturated rings. The number of thioether (sulfide) groups is 1. The number of aliphatic carboxylic acids is 2. The highest BCUT2D eigenvalue weighted by Crippen LogP contribution is 2.17. The highest BCUT2D eigenvalue weighted by atomic mass is 32.2. The van der Waals surface area contributed by atoms with Gasteiger partial charge in [-0.2, -0.15) is 11.8 Å². The molecule has 1 rings (SSSR count). The van der Waals surface area contributed by atoms with Crippen LogP contribution in [-0.2, 0) is 21.8 Å². The lowest BCUT2D eigenvalue weighted by atomic mass is 10.1. The van der Waals surface area contributed by atoms with Gasteiger partial charge in [-0.15, -0.1) is 0 Å². The van der Waals surface area contributed by atoms with Gasteiger partial charge in [0.05, 0.1) is 6.42 Å². The average molecular weight is 269 g/mol. The Hall–Kier alpha value is -1.53. The van der Waals surface area contributed by atoms with Gasteiger partial charge in [-0.05, 0) is 11.1 Å². The minimum absolute atomic E-state index is 0.0261. The zero-order valence-corrected chi connectivity index (χ0v) is 10.5. The summed E-state index contributed by atoms with van der Waals surface area (Å²) in [5.41, 5.74) is 7.04. The molecule has 0 heterocycles. The number of carboxylic acids is 2. The highest BCUT2D eigenvalue weighted by molar-refractivity contribution is 7.98. The molecule has 18 heavy (non-hydrogen) atoms. The van der Waals surface area contributed by atoms with Crippen molar-refractivity contribution in [2.45, 2.75) is 18.2 Å². The summed E-state index contributed by atoms with van der Waals surface area (Å²) in [6, 6.07) is 6.34. The Morgan fingerprint density at radius 2 is 1.83 bits per heavy atom. The Kier molecular flexibility index (Phi) is 5.67. The van der Waals surface area contributed by atoms with Crippen LogP contribution >= 0.6 is 11.8 Å². The number of carbonyl (C=O) groups is 2. The summed E-state index contributed by atoms with van der Waals surface area (Å²) < 4.78 is 0. The third-order valence-corrected chi connectivity index (χ3v) is 3.44. The van der Waals surface area contributed by atoms with Crippen LogP contribution in [0.25, 0.3) is 0 Å². The van der Waals surface area contributed by atoms with Crippen LogP contribution in [0.2, 0.25) is 0 Å². The van der Waals surface area contributed by atoms with Crippen molar-refractivity contribution in [3.8, 4) is 0 Å². The van der Waals surface area contributed by atoms with Gasteiger partial charge < -0.3 is 15.9 Å². The predicted molar refractivity (Wildman–Crippen MR) is 69.6 cm³/mol. The first-order valence-corrected chi connectivity index (χ1v) is 6.51. The third-order valence-electron chi connectivity index (χ3n) is 2.33. The monoisotopic (exact) mass is 269 g/mol. The smallest absolute Gasteiger partial charge is 0.321 e. The molecule has 0 spiro atoms.